The Bertz CT molecular complexity index is 670. The predicted octanol–water partition coefficient (Wildman–Crippen LogP) is 4.82. The fraction of sp³-hybridized carbons (Fsp3) is 0.0769. The molecule has 0 saturated heterocycles. The molecule has 90 valence electrons. The SMILES string of the molecule is O=[N+]([O-])c1ccc2c(c1)[C@H](Br)c1cc(Br)ccc1-2. The van der Waals surface area contributed by atoms with Crippen molar-refractivity contribution in [2.24, 2.45) is 0 Å². The fourth-order valence-electron chi connectivity index (χ4n) is 2.27. The second-order valence-corrected chi connectivity index (χ2v) is 5.95. The Hall–Kier alpha value is -1.20. The quantitative estimate of drug-likeness (QED) is 0.411. The van der Waals surface area contributed by atoms with Crippen LogP contribution < -0.4 is 0 Å². The zero-order valence-electron chi connectivity index (χ0n) is 9.06. The van der Waals surface area contributed by atoms with Crippen LogP contribution in [0.15, 0.2) is 40.9 Å². The van der Waals surface area contributed by atoms with Crippen molar-refractivity contribution < 1.29 is 4.92 Å². The van der Waals surface area contributed by atoms with Crippen LogP contribution >= 0.6 is 31.9 Å². The van der Waals surface area contributed by atoms with E-state index in [-0.39, 0.29) is 15.4 Å². The van der Waals surface area contributed by atoms with E-state index in [1.54, 1.807) is 12.1 Å². The lowest BCUT2D eigenvalue weighted by molar-refractivity contribution is -0.384. The lowest BCUT2D eigenvalue weighted by Gasteiger charge is -2.04. The maximum absolute atomic E-state index is 10.8. The molecule has 0 aromatic heterocycles. The highest BCUT2D eigenvalue weighted by atomic mass is 79.9. The molecule has 0 aliphatic heterocycles. The highest BCUT2D eigenvalue weighted by Crippen LogP contribution is 2.49. The van der Waals surface area contributed by atoms with Crippen LogP contribution in [0.3, 0.4) is 0 Å². The molecule has 0 N–H and O–H groups in total. The number of alkyl halides is 1. The van der Waals surface area contributed by atoms with E-state index in [1.165, 1.54) is 0 Å². The third-order valence-corrected chi connectivity index (χ3v) is 4.58. The van der Waals surface area contributed by atoms with E-state index in [0.717, 1.165) is 26.7 Å². The first kappa shape index (κ1) is 11.9. The zero-order chi connectivity index (χ0) is 12.9. The lowest BCUT2D eigenvalue weighted by atomic mass is 10.1. The van der Waals surface area contributed by atoms with Gasteiger partial charge in [-0.15, -0.1) is 0 Å². The summed E-state index contributed by atoms with van der Waals surface area (Å²) in [6.45, 7) is 0. The molecule has 0 heterocycles. The first-order valence-electron chi connectivity index (χ1n) is 5.30. The van der Waals surface area contributed by atoms with Crippen LogP contribution in [0.2, 0.25) is 0 Å². The summed E-state index contributed by atoms with van der Waals surface area (Å²) in [4.78, 5) is 10.5. The first-order chi connectivity index (χ1) is 8.58. The Labute approximate surface area is 120 Å². The molecule has 5 heteroatoms. The molecule has 0 radical (unpaired) electrons. The second kappa shape index (κ2) is 4.17. The standard InChI is InChI=1S/C13H7Br2NO2/c14-7-1-3-9-10-4-2-8(16(17)18)6-12(10)13(15)11(9)5-7/h1-6,13H/t13-/m1/s1. The van der Waals surface area contributed by atoms with Crippen LogP contribution in [0.25, 0.3) is 11.1 Å². The van der Waals surface area contributed by atoms with Gasteiger partial charge in [-0.2, -0.15) is 0 Å². The van der Waals surface area contributed by atoms with Gasteiger partial charge in [0.05, 0.1) is 9.75 Å². The van der Waals surface area contributed by atoms with Gasteiger partial charge in [-0.05, 0) is 40.5 Å². The molecule has 3 nitrogen and oxygen atoms in total. The number of nitrogens with zero attached hydrogens (tertiary/aromatic N) is 1. The summed E-state index contributed by atoms with van der Waals surface area (Å²) < 4.78 is 1.01. The third-order valence-electron chi connectivity index (χ3n) is 3.10. The molecule has 0 unspecified atom stereocenters. The zero-order valence-corrected chi connectivity index (χ0v) is 12.2. The molecular formula is C13H7Br2NO2. The van der Waals surface area contributed by atoms with Gasteiger partial charge < -0.3 is 0 Å². The van der Waals surface area contributed by atoms with E-state index >= 15 is 0 Å². The number of halogens is 2. The molecule has 18 heavy (non-hydrogen) atoms. The van der Waals surface area contributed by atoms with Gasteiger partial charge in [-0.3, -0.25) is 10.1 Å². The number of nitro groups is 1. The van der Waals surface area contributed by atoms with Crippen molar-refractivity contribution in [3.05, 3.63) is 62.1 Å². The van der Waals surface area contributed by atoms with Crippen molar-refractivity contribution in [3.63, 3.8) is 0 Å². The molecule has 2 aromatic rings. The monoisotopic (exact) mass is 367 g/mol. The van der Waals surface area contributed by atoms with Crippen LogP contribution in [0.1, 0.15) is 16.0 Å². The number of benzene rings is 2. The summed E-state index contributed by atoms with van der Waals surface area (Å²) in [6, 6.07) is 11.1. The van der Waals surface area contributed by atoms with Crippen molar-refractivity contribution in [3.8, 4) is 11.1 Å². The lowest BCUT2D eigenvalue weighted by Crippen LogP contribution is -1.91. The van der Waals surface area contributed by atoms with E-state index < -0.39 is 0 Å². The van der Waals surface area contributed by atoms with Gasteiger partial charge in [0.1, 0.15) is 0 Å². The smallest absolute Gasteiger partial charge is 0.258 e. The minimum absolute atomic E-state index is 0.0138. The minimum atomic E-state index is -0.362. The highest BCUT2D eigenvalue weighted by Gasteiger charge is 2.28. The number of fused-ring (bicyclic) bond motifs is 3. The van der Waals surface area contributed by atoms with E-state index in [0.29, 0.717) is 0 Å². The Morgan fingerprint density at radius 3 is 2.33 bits per heavy atom. The summed E-state index contributed by atoms with van der Waals surface area (Å²) in [5, 5.41) is 10.8. The van der Waals surface area contributed by atoms with Crippen LogP contribution in [0, 0.1) is 10.1 Å². The van der Waals surface area contributed by atoms with E-state index in [2.05, 4.69) is 31.9 Å². The molecule has 1 aliphatic rings. The Morgan fingerprint density at radius 2 is 1.67 bits per heavy atom. The maximum Gasteiger partial charge on any atom is 0.269 e. The first-order valence-corrected chi connectivity index (χ1v) is 7.01. The van der Waals surface area contributed by atoms with Crippen LogP contribution in [-0.2, 0) is 0 Å². The third kappa shape index (κ3) is 1.69. The van der Waals surface area contributed by atoms with Gasteiger partial charge in [0.2, 0.25) is 0 Å². The van der Waals surface area contributed by atoms with Gasteiger partial charge in [0.15, 0.2) is 0 Å². The van der Waals surface area contributed by atoms with Gasteiger partial charge in [-0.1, -0.05) is 37.9 Å². The molecule has 1 aliphatic carbocycles. The van der Waals surface area contributed by atoms with E-state index in [9.17, 15) is 10.1 Å². The summed E-state index contributed by atoms with van der Waals surface area (Å²) in [5.74, 6) is 0. The Morgan fingerprint density at radius 1 is 1.06 bits per heavy atom. The van der Waals surface area contributed by atoms with E-state index in [4.69, 9.17) is 0 Å². The van der Waals surface area contributed by atoms with Crippen molar-refractivity contribution in [1.29, 1.82) is 0 Å². The summed E-state index contributed by atoms with van der Waals surface area (Å²) in [5.41, 5.74) is 4.41. The average Bonchev–Trinajstić information content (AvgIpc) is 2.62. The van der Waals surface area contributed by atoms with Gasteiger partial charge in [-0.25, -0.2) is 0 Å². The van der Waals surface area contributed by atoms with Gasteiger partial charge in [0, 0.05) is 16.6 Å². The summed E-state index contributed by atoms with van der Waals surface area (Å²) >= 11 is 7.06. The fourth-order valence-corrected chi connectivity index (χ4v) is 3.41. The summed E-state index contributed by atoms with van der Waals surface area (Å²) in [6.07, 6.45) is 0. The van der Waals surface area contributed by atoms with Crippen molar-refractivity contribution in [1.82, 2.24) is 0 Å². The van der Waals surface area contributed by atoms with Crippen molar-refractivity contribution in [2.45, 2.75) is 4.83 Å². The van der Waals surface area contributed by atoms with Gasteiger partial charge in [0.25, 0.3) is 5.69 Å². The average molecular weight is 369 g/mol. The van der Waals surface area contributed by atoms with Crippen LogP contribution in [0.5, 0.6) is 0 Å². The minimum Gasteiger partial charge on any atom is -0.258 e. The molecular weight excluding hydrogens is 362 g/mol. The topological polar surface area (TPSA) is 43.1 Å². The van der Waals surface area contributed by atoms with Crippen LogP contribution in [-0.4, -0.2) is 4.92 Å². The molecule has 0 spiro atoms. The molecule has 0 fully saturated rings. The number of nitro benzene ring substituents is 1. The number of non-ortho nitro benzene ring substituents is 1. The molecule has 0 amide bonds. The molecule has 1 atom stereocenters. The Balaban J connectivity index is 2.23. The Kier molecular flexibility index (Phi) is 2.75. The molecule has 2 aromatic carbocycles. The summed E-state index contributed by atoms with van der Waals surface area (Å²) in [7, 11) is 0. The number of hydrogen-bond acceptors (Lipinski definition) is 2. The van der Waals surface area contributed by atoms with Crippen molar-refractivity contribution >= 4 is 37.5 Å². The highest BCUT2D eigenvalue weighted by molar-refractivity contribution is 9.10. The number of hydrogen-bond donors (Lipinski definition) is 0. The van der Waals surface area contributed by atoms with Gasteiger partial charge >= 0.3 is 0 Å². The van der Waals surface area contributed by atoms with Crippen LogP contribution in [0.4, 0.5) is 5.69 Å². The number of rotatable bonds is 1. The molecule has 0 bridgehead atoms. The maximum atomic E-state index is 10.8. The largest absolute Gasteiger partial charge is 0.269 e. The predicted molar refractivity (Wildman–Crippen MR) is 77.0 cm³/mol. The van der Waals surface area contributed by atoms with E-state index in [1.807, 2.05) is 24.3 Å². The van der Waals surface area contributed by atoms with Crippen molar-refractivity contribution in [2.75, 3.05) is 0 Å². The molecule has 0 saturated carbocycles. The molecule has 3 rings (SSSR count). The second-order valence-electron chi connectivity index (χ2n) is 4.12. The normalized spacial score (nSPS) is 16.2.